The van der Waals surface area contributed by atoms with E-state index < -0.39 is 17.3 Å². The topological polar surface area (TPSA) is 43.1 Å². The lowest BCUT2D eigenvalue weighted by Crippen LogP contribution is -2.32. The molecule has 0 radical (unpaired) electrons. The van der Waals surface area contributed by atoms with E-state index in [1.165, 1.54) is 12.1 Å². The summed E-state index contributed by atoms with van der Waals surface area (Å²) in [6, 6.07) is 4.86. The molecule has 1 aromatic rings. The average Bonchev–Trinajstić information content (AvgIpc) is 2.25. The molecule has 106 valence electrons. The van der Waals surface area contributed by atoms with Gasteiger partial charge in [0.2, 0.25) is 0 Å². The fourth-order valence-corrected chi connectivity index (χ4v) is 1.64. The Kier molecular flexibility index (Phi) is 4.74. The van der Waals surface area contributed by atoms with Gasteiger partial charge in [-0.2, -0.15) is 13.2 Å². The molecule has 0 atom stereocenters. The summed E-state index contributed by atoms with van der Waals surface area (Å²) in [6.45, 7) is 3.62. The summed E-state index contributed by atoms with van der Waals surface area (Å²) in [5, 5.41) is 0. The number of carbonyl (C=O) groups excluding carboxylic acids is 1. The summed E-state index contributed by atoms with van der Waals surface area (Å²) in [5.41, 5.74) is 4.98. The molecule has 0 spiro atoms. The molecule has 0 heterocycles. The summed E-state index contributed by atoms with van der Waals surface area (Å²) in [6.07, 6.45) is -3.57. The van der Waals surface area contributed by atoms with Crippen LogP contribution in [0.5, 0.6) is 0 Å². The zero-order chi connectivity index (χ0) is 14.7. The predicted molar refractivity (Wildman–Crippen MR) is 67.7 cm³/mol. The van der Waals surface area contributed by atoms with Crippen molar-refractivity contribution < 1.29 is 18.0 Å². The number of hydrogen-bond donors (Lipinski definition) is 1. The van der Waals surface area contributed by atoms with E-state index in [1.54, 1.807) is 0 Å². The quantitative estimate of drug-likeness (QED) is 0.894. The molecule has 2 N–H and O–H groups in total. The molecule has 1 rings (SSSR count). The van der Waals surface area contributed by atoms with Crippen molar-refractivity contribution in [1.82, 2.24) is 0 Å². The van der Waals surface area contributed by atoms with Crippen LogP contribution in [0.15, 0.2) is 24.3 Å². The minimum absolute atomic E-state index is 0.0139. The number of ketones is 1. The van der Waals surface area contributed by atoms with Crippen LogP contribution in [0.3, 0.4) is 0 Å². The predicted octanol–water partition coefficient (Wildman–Crippen LogP) is 3.33. The van der Waals surface area contributed by atoms with Crippen LogP contribution in [0.2, 0.25) is 0 Å². The number of benzene rings is 1. The van der Waals surface area contributed by atoms with Crippen LogP contribution in [0.4, 0.5) is 13.2 Å². The minimum Gasteiger partial charge on any atom is -0.326 e. The van der Waals surface area contributed by atoms with Crippen LogP contribution in [0.25, 0.3) is 0 Å². The first-order valence-electron chi connectivity index (χ1n) is 6.05. The van der Waals surface area contributed by atoms with E-state index in [9.17, 15) is 18.0 Å². The van der Waals surface area contributed by atoms with Gasteiger partial charge in [0.05, 0.1) is 5.56 Å². The van der Waals surface area contributed by atoms with Gasteiger partial charge >= 0.3 is 6.18 Å². The molecular weight excluding hydrogens is 255 g/mol. The van der Waals surface area contributed by atoms with Crippen LogP contribution in [0, 0.1) is 0 Å². The third-order valence-corrected chi connectivity index (χ3v) is 2.70. The lowest BCUT2D eigenvalue weighted by Gasteiger charge is -2.17. The van der Waals surface area contributed by atoms with Crippen molar-refractivity contribution in [1.29, 1.82) is 0 Å². The highest BCUT2D eigenvalue weighted by molar-refractivity contribution is 5.80. The zero-order valence-corrected chi connectivity index (χ0v) is 11.1. The minimum atomic E-state index is -4.38. The molecule has 0 aliphatic carbocycles. The van der Waals surface area contributed by atoms with Crippen LogP contribution >= 0.6 is 0 Å². The van der Waals surface area contributed by atoms with Crippen molar-refractivity contribution in [3.8, 4) is 0 Å². The van der Waals surface area contributed by atoms with E-state index in [1.807, 2.05) is 13.8 Å². The standard InChI is InChI=1S/C14H18F3NO/c1-13(2,18)7-6-12(19)9-10-4-3-5-11(8-10)14(15,16)17/h3-5,8H,6-7,9,18H2,1-2H3. The van der Waals surface area contributed by atoms with Gasteiger partial charge in [-0.1, -0.05) is 18.2 Å². The van der Waals surface area contributed by atoms with Crippen LogP contribution < -0.4 is 5.73 Å². The molecule has 5 heteroatoms. The molecule has 0 saturated carbocycles. The molecule has 0 bridgehead atoms. The molecule has 0 aliphatic heterocycles. The van der Waals surface area contributed by atoms with E-state index in [0.29, 0.717) is 12.0 Å². The maximum Gasteiger partial charge on any atom is 0.416 e. The van der Waals surface area contributed by atoms with Gasteiger partial charge in [0.15, 0.2) is 0 Å². The molecule has 0 aliphatic rings. The highest BCUT2D eigenvalue weighted by atomic mass is 19.4. The summed E-state index contributed by atoms with van der Waals surface area (Å²) >= 11 is 0. The van der Waals surface area contributed by atoms with E-state index in [4.69, 9.17) is 5.73 Å². The lowest BCUT2D eigenvalue weighted by atomic mass is 9.96. The molecule has 19 heavy (non-hydrogen) atoms. The fraction of sp³-hybridized carbons (Fsp3) is 0.500. The maximum absolute atomic E-state index is 12.5. The molecule has 0 fully saturated rings. The Hall–Kier alpha value is -1.36. The summed E-state index contributed by atoms with van der Waals surface area (Å²) in [4.78, 5) is 11.7. The van der Waals surface area contributed by atoms with Gasteiger partial charge in [0, 0.05) is 18.4 Å². The van der Waals surface area contributed by atoms with E-state index in [-0.39, 0.29) is 18.6 Å². The second-order valence-corrected chi connectivity index (χ2v) is 5.40. The molecule has 2 nitrogen and oxygen atoms in total. The molecule has 0 amide bonds. The number of hydrogen-bond acceptors (Lipinski definition) is 2. The van der Waals surface area contributed by atoms with Crippen LogP contribution in [0.1, 0.15) is 37.8 Å². The Balaban J connectivity index is 2.65. The molecule has 0 unspecified atom stereocenters. The monoisotopic (exact) mass is 273 g/mol. The van der Waals surface area contributed by atoms with Crippen molar-refractivity contribution in [2.24, 2.45) is 5.73 Å². The van der Waals surface area contributed by atoms with Crippen LogP contribution in [-0.2, 0) is 17.4 Å². The number of nitrogens with two attached hydrogens (primary N) is 1. The zero-order valence-electron chi connectivity index (χ0n) is 11.1. The lowest BCUT2D eigenvalue weighted by molar-refractivity contribution is -0.137. The van der Waals surface area contributed by atoms with Gasteiger partial charge < -0.3 is 5.73 Å². The van der Waals surface area contributed by atoms with E-state index >= 15 is 0 Å². The second-order valence-electron chi connectivity index (χ2n) is 5.40. The maximum atomic E-state index is 12.5. The third-order valence-electron chi connectivity index (χ3n) is 2.70. The number of carbonyl (C=O) groups is 1. The van der Waals surface area contributed by atoms with E-state index in [2.05, 4.69) is 0 Å². The first-order chi connectivity index (χ1) is 8.58. The highest BCUT2D eigenvalue weighted by Crippen LogP contribution is 2.29. The number of Topliss-reactive ketones (excluding diaryl/α,β-unsaturated/α-hetero) is 1. The van der Waals surface area contributed by atoms with Gasteiger partial charge in [0.25, 0.3) is 0 Å². The van der Waals surface area contributed by atoms with Crippen molar-refractivity contribution in [3.05, 3.63) is 35.4 Å². The molecule has 1 aromatic carbocycles. The number of alkyl halides is 3. The van der Waals surface area contributed by atoms with Gasteiger partial charge in [-0.3, -0.25) is 4.79 Å². The van der Waals surface area contributed by atoms with Crippen molar-refractivity contribution in [3.63, 3.8) is 0 Å². The molecule has 0 saturated heterocycles. The highest BCUT2D eigenvalue weighted by Gasteiger charge is 2.30. The SMILES string of the molecule is CC(C)(N)CCC(=O)Cc1cccc(C(F)(F)F)c1. The number of rotatable bonds is 5. The average molecular weight is 273 g/mol. The summed E-state index contributed by atoms with van der Waals surface area (Å²) < 4.78 is 37.5. The van der Waals surface area contributed by atoms with Crippen molar-refractivity contribution in [2.45, 2.75) is 44.8 Å². The number of halogens is 3. The Bertz CT molecular complexity index is 447. The van der Waals surface area contributed by atoms with E-state index in [0.717, 1.165) is 12.1 Å². The Morgan fingerprint density at radius 1 is 1.26 bits per heavy atom. The van der Waals surface area contributed by atoms with Gasteiger partial charge in [-0.25, -0.2) is 0 Å². The normalized spacial score (nSPS) is 12.5. The molecular formula is C14H18F3NO. The Labute approximate surface area is 110 Å². The Morgan fingerprint density at radius 3 is 2.42 bits per heavy atom. The second kappa shape index (κ2) is 5.74. The largest absolute Gasteiger partial charge is 0.416 e. The van der Waals surface area contributed by atoms with Crippen LogP contribution in [-0.4, -0.2) is 11.3 Å². The third kappa shape index (κ3) is 5.87. The summed E-state index contributed by atoms with van der Waals surface area (Å²) in [5.74, 6) is -0.0992. The van der Waals surface area contributed by atoms with Gasteiger partial charge in [-0.05, 0) is 31.9 Å². The fourth-order valence-electron chi connectivity index (χ4n) is 1.64. The summed E-state index contributed by atoms with van der Waals surface area (Å²) in [7, 11) is 0. The first-order valence-corrected chi connectivity index (χ1v) is 6.05. The smallest absolute Gasteiger partial charge is 0.326 e. The van der Waals surface area contributed by atoms with Gasteiger partial charge in [0.1, 0.15) is 5.78 Å². The van der Waals surface area contributed by atoms with Gasteiger partial charge in [-0.15, -0.1) is 0 Å². The van der Waals surface area contributed by atoms with Crippen molar-refractivity contribution in [2.75, 3.05) is 0 Å². The Morgan fingerprint density at radius 2 is 1.89 bits per heavy atom. The van der Waals surface area contributed by atoms with Crippen molar-refractivity contribution >= 4 is 5.78 Å². The molecule has 0 aromatic heterocycles. The first kappa shape index (κ1) is 15.7.